The SMILES string of the molecule is C#CCOc1ccccc1CNC(=O)NCCc1nccn1C(F)F. The third kappa shape index (κ3) is 5.49. The van der Waals surface area contributed by atoms with E-state index in [1.54, 1.807) is 12.1 Å². The molecule has 1 aromatic heterocycles. The Hall–Kier alpha value is -3.08. The first-order valence-electron chi connectivity index (χ1n) is 7.57. The van der Waals surface area contributed by atoms with E-state index in [0.717, 1.165) is 10.1 Å². The lowest BCUT2D eigenvalue weighted by molar-refractivity contribution is 0.0670. The van der Waals surface area contributed by atoms with E-state index in [4.69, 9.17) is 11.2 Å². The van der Waals surface area contributed by atoms with Crippen LogP contribution in [0.2, 0.25) is 0 Å². The van der Waals surface area contributed by atoms with Gasteiger partial charge in [0.1, 0.15) is 18.2 Å². The minimum absolute atomic E-state index is 0.139. The fourth-order valence-corrected chi connectivity index (χ4v) is 2.15. The zero-order valence-electron chi connectivity index (χ0n) is 13.4. The molecule has 8 heteroatoms. The molecule has 0 radical (unpaired) electrons. The van der Waals surface area contributed by atoms with Gasteiger partial charge in [0.05, 0.1) is 0 Å². The van der Waals surface area contributed by atoms with E-state index in [9.17, 15) is 13.6 Å². The molecule has 0 spiro atoms. The molecular formula is C17H18F2N4O2. The Balaban J connectivity index is 1.78. The third-order valence-electron chi connectivity index (χ3n) is 3.32. The highest BCUT2D eigenvalue weighted by molar-refractivity contribution is 5.73. The number of halogens is 2. The Morgan fingerprint density at radius 1 is 1.36 bits per heavy atom. The molecule has 2 rings (SSSR count). The number of urea groups is 1. The fourth-order valence-electron chi connectivity index (χ4n) is 2.15. The van der Waals surface area contributed by atoms with Crippen LogP contribution in [0, 0.1) is 12.3 Å². The summed E-state index contributed by atoms with van der Waals surface area (Å²) < 4.78 is 31.5. The van der Waals surface area contributed by atoms with Gasteiger partial charge in [-0.25, -0.2) is 9.78 Å². The van der Waals surface area contributed by atoms with Gasteiger partial charge >= 0.3 is 12.6 Å². The second-order valence-corrected chi connectivity index (χ2v) is 4.99. The zero-order chi connectivity index (χ0) is 18.1. The topological polar surface area (TPSA) is 68.2 Å². The van der Waals surface area contributed by atoms with Crippen molar-refractivity contribution >= 4 is 6.03 Å². The smallest absolute Gasteiger partial charge is 0.319 e. The van der Waals surface area contributed by atoms with Crippen molar-refractivity contribution in [2.45, 2.75) is 19.5 Å². The van der Waals surface area contributed by atoms with Crippen LogP contribution in [-0.2, 0) is 13.0 Å². The first kappa shape index (κ1) is 18.3. The van der Waals surface area contributed by atoms with Gasteiger partial charge in [-0.15, -0.1) is 6.42 Å². The second kappa shape index (κ2) is 9.27. The number of nitrogens with zero attached hydrogens (tertiary/aromatic N) is 2. The molecular weight excluding hydrogens is 330 g/mol. The number of amides is 2. The molecule has 1 aromatic carbocycles. The van der Waals surface area contributed by atoms with Crippen LogP contribution in [-0.4, -0.2) is 28.7 Å². The van der Waals surface area contributed by atoms with Gasteiger partial charge in [0, 0.05) is 37.5 Å². The summed E-state index contributed by atoms with van der Waals surface area (Å²) >= 11 is 0. The molecule has 0 saturated carbocycles. The van der Waals surface area contributed by atoms with Crippen LogP contribution in [0.4, 0.5) is 13.6 Å². The number of terminal acetylenes is 1. The summed E-state index contributed by atoms with van der Waals surface area (Å²) in [4.78, 5) is 15.7. The largest absolute Gasteiger partial charge is 0.481 e. The predicted molar refractivity (Wildman–Crippen MR) is 88.2 cm³/mol. The molecule has 2 aromatic rings. The van der Waals surface area contributed by atoms with E-state index in [1.165, 1.54) is 12.4 Å². The third-order valence-corrected chi connectivity index (χ3v) is 3.32. The van der Waals surface area contributed by atoms with Crippen LogP contribution in [0.5, 0.6) is 5.75 Å². The Morgan fingerprint density at radius 2 is 2.16 bits per heavy atom. The van der Waals surface area contributed by atoms with Gasteiger partial charge in [0.2, 0.25) is 0 Å². The second-order valence-electron chi connectivity index (χ2n) is 4.99. The number of aromatic nitrogens is 2. The lowest BCUT2D eigenvalue weighted by atomic mass is 10.2. The Labute approximate surface area is 144 Å². The van der Waals surface area contributed by atoms with E-state index in [1.807, 2.05) is 12.1 Å². The highest BCUT2D eigenvalue weighted by Crippen LogP contribution is 2.17. The van der Waals surface area contributed by atoms with Crippen molar-refractivity contribution in [2.75, 3.05) is 13.2 Å². The fraction of sp³-hybridized carbons (Fsp3) is 0.294. The molecule has 0 fully saturated rings. The normalized spacial score (nSPS) is 10.3. The first-order chi connectivity index (χ1) is 12.1. The minimum atomic E-state index is -2.65. The van der Waals surface area contributed by atoms with Gasteiger partial charge in [-0.3, -0.25) is 4.57 Å². The number of hydrogen-bond donors (Lipinski definition) is 2. The van der Waals surface area contributed by atoms with Crippen molar-refractivity contribution in [3.8, 4) is 18.1 Å². The van der Waals surface area contributed by atoms with Gasteiger partial charge in [0.15, 0.2) is 0 Å². The van der Waals surface area contributed by atoms with E-state index in [-0.39, 0.29) is 31.9 Å². The van der Waals surface area contributed by atoms with E-state index < -0.39 is 12.6 Å². The maximum absolute atomic E-state index is 12.7. The van der Waals surface area contributed by atoms with E-state index in [2.05, 4.69) is 21.5 Å². The molecule has 0 aliphatic rings. The zero-order valence-corrected chi connectivity index (χ0v) is 13.4. The van der Waals surface area contributed by atoms with Crippen LogP contribution in [0.1, 0.15) is 17.9 Å². The summed E-state index contributed by atoms with van der Waals surface area (Å²) in [6.07, 6.45) is 7.87. The van der Waals surface area contributed by atoms with Gasteiger partial charge in [-0.1, -0.05) is 24.1 Å². The van der Waals surface area contributed by atoms with Crippen molar-refractivity contribution in [3.63, 3.8) is 0 Å². The van der Waals surface area contributed by atoms with Crippen LogP contribution in [0.3, 0.4) is 0 Å². The molecule has 132 valence electrons. The first-order valence-corrected chi connectivity index (χ1v) is 7.57. The van der Waals surface area contributed by atoms with Crippen molar-refractivity contribution in [1.29, 1.82) is 0 Å². The molecule has 0 aliphatic carbocycles. The van der Waals surface area contributed by atoms with Gasteiger partial charge < -0.3 is 15.4 Å². The number of hydrogen-bond acceptors (Lipinski definition) is 3. The summed E-state index contributed by atoms with van der Waals surface area (Å²) in [5.74, 6) is 3.19. The van der Waals surface area contributed by atoms with Crippen molar-refractivity contribution < 1.29 is 18.3 Å². The monoisotopic (exact) mass is 348 g/mol. The molecule has 0 aliphatic heterocycles. The Morgan fingerprint density at radius 3 is 2.92 bits per heavy atom. The molecule has 2 amide bonds. The van der Waals surface area contributed by atoms with Crippen LogP contribution in [0.25, 0.3) is 0 Å². The van der Waals surface area contributed by atoms with Crippen molar-refractivity contribution in [3.05, 3.63) is 48.0 Å². The highest BCUT2D eigenvalue weighted by atomic mass is 19.3. The molecule has 1 heterocycles. The lowest BCUT2D eigenvalue weighted by Gasteiger charge is -2.11. The standard InChI is InChI=1S/C17H18F2N4O2/c1-2-11-25-14-6-4-3-5-13(14)12-22-17(24)21-8-7-15-20-9-10-23(15)16(18)19/h1,3-6,9-10,16H,7-8,11-12H2,(H2,21,22,24). The number of benzene rings is 1. The van der Waals surface area contributed by atoms with Gasteiger partial charge in [0.25, 0.3) is 0 Å². The molecule has 0 unspecified atom stereocenters. The Kier molecular flexibility index (Phi) is 6.77. The van der Waals surface area contributed by atoms with E-state index in [0.29, 0.717) is 5.75 Å². The predicted octanol–water partition coefficient (Wildman–Crippen LogP) is 2.33. The molecule has 0 atom stereocenters. The summed E-state index contributed by atoms with van der Waals surface area (Å²) in [6, 6.07) is 6.78. The number of carbonyl (C=O) groups is 1. The van der Waals surface area contributed by atoms with Crippen LogP contribution < -0.4 is 15.4 Å². The summed E-state index contributed by atoms with van der Waals surface area (Å²) in [6.45, 7) is -2.07. The lowest BCUT2D eigenvalue weighted by Crippen LogP contribution is -2.36. The number of imidazole rings is 1. The quantitative estimate of drug-likeness (QED) is 0.720. The van der Waals surface area contributed by atoms with Crippen LogP contribution in [0.15, 0.2) is 36.7 Å². The average Bonchev–Trinajstić information content (AvgIpc) is 3.07. The van der Waals surface area contributed by atoms with Gasteiger partial charge in [-0.2, -0.15) is 8.78 Å². The number of nitrogens with one attached hydrogen (secondary N) is 2. The number of ether oxygens (including phenoxy) is 1. The maximum Gasteiger partial charge on any atom is 0.319 e. The minimum Gasteiger partial charge on any atom is -0.481 e. The number of para-hydroxylation sites is 1. The molecule has 2 N–H and O–H groups in total. The van der Waals surface area contributed by atoms with E-state index >= 15 is 0 Å². The summed E-state index contributed by atoms with van der Waals surface area (Å²) in [5.41, 5.74) is 0.779. The number of rotatable bonds is 8. The summed E-state index contributed by atoms with van der Waals surface area (Å²) in [5, 5.41) is 5.27. The molecule has 0 saturated heterocycles. The average molecular weight is 348 g/mol. The number of carbonyl (C=O) groups excluding carboxylic acids is 1. The Bertz CT molecular complexity index is 740. The van der Waals surface area contributed by atoms with Crippen molar-refractivity contribution in [1.82, 2.24) is 20.2 Å². The maximum atomic E-state index is 12.7. The number of alkyl halides is 2. The summed E-state index contributed by atoms with van der Waals surface area (Å²) in [7, 11) is 0. The molecule has 0 bridgehead atoms. The molecule has 25 heavy (non-hydrogen) atoms. The van der Waals surface area contributed by atoms with Crippen LogP contribution >= 0.6 is 0 Å². The molecule has 6 nitrogen and oxygen atoms in total. The van der Waals surface area contributed by atoms with Crippen molar-refractivity contribution in [2.24, 2.45) is 0 Å². The highest BCUT2D eigenvalue weighted by Gasteiger charge is 2.11. The van der Waals surface area contributed by atoms with Gasteiger partial charge in [-0.05, 0) is 6.07 Å².